The summed E-state index contributed by atoms with van der Waals surface area (Å²) in [6, 6.07) is 5.48. The van der Waals surface area contributed by atoms with Gasteiger partial charge in [-0.15, -0.1) is 0 Å². The van der Waals surface area contributed by atoms with Gasteiger partial charge in [-0.2, -0.15) is 5.10 Å². The first-order valence-corrected chi connectivity index (χ1v) is 7.06. The number of amides is 1. The summed E-state index contributed by atoms with van der Waals surface area (Å²) in [6.45, 7) is 2.88. The lowest BCUT2D eigenvalue weighted by Crippen LogP contribution is -2.29. The summed E-state index contributed by atoms with van der Waals surface area (Å²) in [5.41, 5.74) is 1.49. The van der Waals surface area contributed by atoms with Gasteiger partial charge in [0.25, 0.3) is 5.91 Å². The molecule has 108 valence electrons. The van der Waals surface area contributed by atoms with Crippen LogP contribution in [0, 0.1) is 5.92 Å². The van der Waals surface area contributed by atoms with Crippen LogP contribution in [-0.2, 0) is 0 Å². The van der Waals surface area contributed by atoms with Crippen molar-refractivity contribution < 1.29 is 9.90 Å². The van der Waals surface area contributed by atoms with E-state index in [4.69, 9.17) is 5.11 Å². The third kappa shape index (κ3) is 3.57. The second kappa shape index (κ2) is 7.05. The molecule has 0 fully saturated rings. The van der Waals surface area contributed by atoms with E-state index in [9.17, 15) is 4.79 Å². The summed E-state index contributed by atoms with van der Waals surface area (Å²) in [6.07, 6.45) is 4.53. The van der Waals surface area contributed by atoms with Crippen LogP contribution in [0.2, 0.25) is 0 Å². The first-order valence-electron chi connectivity index (χ1n) is 7.06. The summed E-state index contributed by atoms with van der Waals surface area (Å²) >= 11 is 0. The SMILES string of the molecule is CCCC(CCO)CNC(=O)c1ccc2cn[nH]c2c1. The number of aromatic nitrogens is 2. The molecule has 5 nitrogen and oxygen atoms in total. The molecular weight excluding hydrogens is 254 g/mol. The number of carbonyl (C=O) groups excluding carboxylic acids is 1. The third-order valence-corrected chi connectivity index (χ3v) is 3.49. The molecule has 5 heteroatoms. The predicted octanol–water partition coefficient (Wildman–Crippen LogP) is 2.09. The number of rotatable bonds is 7. The normalized spacial score (nSPS) is 12.5. The molecule has 0 bridgehead atoms. The van der Waals surface area contributed by atoms with E-state index in [1.54, 1.807) is 18.3 Å². The largest absolute Gasteiger partial charge is 0.396 e. The lowest BCUT2D eigenvalue weighted by atomic mass is 10.00. The Kier molecular flexibility index (Phi) is 5.12. The molecule has 1 amide bonds. The van der Waals surface area contributed by atoms with Crippen molar-refractivity contribution >= 4 is 16.8 Å². The second-order valence-electron chi connectivity index (χ2n) is 5.05. The van der Waals surface area contributed by atoms with Gasteiger partial charge in [-0.3, -0.25) is 9.89 Å². The first kappa shape index (κ1) is 14.5. The first-order chi connectivity index (χ1) is 9.74. The monoisotopic (exact) mass is 275 g/mol. The number of aliphatic hydroxyl groups is 1. The van der Waals surface area contributed by atoms with Crippen LogP contribution in [0.3, 0.4) is 0 Å². The van der Waals surface area contributed by atoms with E-state index in [1.165, 1.54) is 0 Å². The highest BCUT2D eigenvalue weighted by atomic mass is 16.3. The molecule has 2 rings (SSSR count). The van der Waals surface area contributed by atoms with Crippen LogP contribution in [0.4, 0.5) is 0 Å². The summed E-state index contributed by atoms with van der Waals surface area (Å²) in [4.78, 5) is 12.1. The zero-order valence-corrected chi connectivity index (χ0v) is 11.7. The van der Waals surface area contributed by atoms with E-state index in [-0.39, 0.29) is 12.5 Å². The number of hydrogen-bond acceptors (Lipinski definition) is 3. The third-order valence-electron chi connectivity index (χ3n) is 3.49. The number of nitrogens with one attached hydrogen (secondary N) is 2. The molecule has 1 aromatic heterocycles. The number of fused-ring (bicyclic) bond motifs is 1. The zero-order valence-electron chi connectivity index (χ0n) is 11.7. The van der Waals surface area contributed by atoms with Crippen molar-refractivity contribution in [3.63, 3.8) is 0 Å². The van der Waals surface area contributed by atoms with Crippen molar-refractivity contribution in [1.82, 2.24) is 15.5 Å². The number of aliphatic hydroxyl groups excluding tert-OH is 1. The minimum absolute atomic E-state index is 0.0828. The van der Waals surface area contributed by atoms with Crippen molar-refractivity contribution in [2.24, 2.45) is 5.92 Å². The lowest BCUT2D eigenvalue weighted by molar-refractivity contribution is 0.0943. The van der Waals surface area contributed by atoms with E-state index in [2.05, 4.69) is 22.4 Å². The Bertz CT molecular complexity index is 559. The quantitative estimate of drug-likeness (QED) is 0.724. The standard InChI is InChI=1S/C15H21N3O2/c1-2-3-11(6-7-19)9-16-15(20)12-4-5-13-10-17-18-14(13)8-12/h4-5,8,10-11,19H,2-3,6-7,9H2,1H3,(H,16,20)(H,17,18). The fourth-order valence-corrected chi connectivity index (χ4v) is 2.36. The van der Waals surface area contributed by atoms with Gasteiger partial charge in [0.05, 0.1) is 11.7 Å². The molecule has 0 spiro atoms. The predicted molar refractivity (Wildman–Crippen MR) is 78.5 cm³/mol. The highest BCUT2D eigenvalue weighted by molar-refractivity contribution is 5.97. The maximum absolute atomic E-state index is 12.1. The van der Waals surface area contributed by atoms with Crippen molar-refractivity contribution in [2.45, 2.75) is 26.2 Å². The Labute approximate surface area is 118 Å². The van der Waals surface area contributed by atoms with Gasteiger partial charge >= 0.3 is 0 Å². The zero-order chi connectivity index (χ0) is 14.4. The Balaban J connectivity index is 1.96. The van der Waals surface area contributed by atoms with Crippen molar-refractivity contribution in [3.05, 3.63) is 30.0 Å². The van der Waals surface area contributed by atoms with Crippen LogP contribution < -0.4 is 5.32 Å². The fourth-order valence-electron chi connectivity index (χ4n) is 2.36. The average Bonchev–Trinajstić information content (AvgIpc) is 2.92. The Morgan fingerprint density at radius 2 is 2.30 bits per heavy atom. The van der Waals surface area contributed by atoms with E-state index in [0.29, 0.717) is 18.0 Å². The van der Waals surface area contributed by atoms with Crippen LogP contribution >= 0.6 is 0 Å². The molecule has 1 atom stereocenters. The highest BCUT2D eigenvalue weighted by Gasteiger charge is 2.11. The molecule has 0 saturated carbocycles. The average molecular weight is 275 g/mol. The number of nitrogens with zero attached hydrogens (tertiary/aromatic N) is 1. The lowest BCUT2D eigenvalue weighted by Gasteiger charge is -2.15. The van der Waals surface area contributed by atoms with Gasteiger partial charge in [0.15, 0.2) is 0 Å². The maximum atomic E-state index is 12.1. The molecule has 1 aromatic carbocycles. The number of carbonyl (C=O) groups is 1. The summed E-state index contributed by atoms with van der Waals surface area (Å²) < 4.78 is 0. The summed E-state index contributed by atoms with van der Waals surface area (Å²) in [7, 11) is 0. The van der Waals surface area contributed by atoms with Crippen molar-refractivity contribution in [1.29, 1.82) is 0 Å². The Morgan fingerprint density at radius 1 is 1.45 bits per heavy atom. The minimum Gasteiger partial charge on any atom is -0.396 e. The van der Waals surface area contributed by atoms with Crippen LogP contribution in [-0.4, -0.2) is 34.4 Å². The second-order valence-corrected chi connectivity index (χ2v) is 5.05. The molecule has 20 heavy (non-hydrogen) atoms. The maximum Gasteiger partial charge on any atom is 0.251 e. The van der Waals surface area contributed by atoms with Gasteiger partial charge in [-0.1, -0.05) is 19.4 Å². The number of H-pyrrole nitrogens is 1. The molecule has 1 unspecified atom stereocenters. The van der Waals surface area contributed by atoms with Crippen molar-refractivity contribution in [3.8, 4) is 0 Å². The Morgan fingerprint density at radius 3 is 3.05 bits per heavy atom. The smallest absolute Gasteiger partial charge is 0.251 e. The molecule has 0 aliphatic carbocycles. The topological polar surface area (TPSA) is 78.0 Å². The van der Waals surface area contributed by atoms with E-state index in [1.807, 2.05) is 6.07 Å². The Hall–Kier alpha value is -1.88. The number of benzene rings is 1. The van der Waals surface area contributed by atoms with Crippen LogP contribution in [0.5, 0.6) is 0 Å². The highest BCUT2D eigenvalue weighted by Crippen LogP contribution is 2.13. The van der Waals surface area contributed by atoms with E-state index >= 15 is 0 Å². The van der Waals surface area contributed by atoms with E-state index in [0.717, 1.165) is 30.2 Å². The van der Waals surface area contributed by atoms with Crippen LogP contribution in [0.1, 0.15) is 36.5 Å². The fraction of sp³-hybridized carbons (Fsp3) is 0.467. The van der Waals surface area contributed by atoms with Gasteiger partial charge in [0, 0.05) is 24.1 Å². The van der Waals surface area contributed by atoms with Gasteiger partial charge < -0.3 is 10.4 Å². The van der Waals surface area contributed by atoms with Gasteiger partial charge in [-0.05, 0) is 30.9 Å². The number of hydrogen-bond donors (Lipinski definition) is 3. The van der Waals surface area contributed by atoms with Gasteiger partial charge in [0.1, 0.15) is 0 Å². The van der Waals surface area contributed by atoms with Gasteiger partial charge in [-0.25, -0.2) is 0 Å². The van der Waals surface area contributed by atoms with Crippen LogP contribution in [0.15, 0.2) is 24.4 Å². The molecular formula is C15H21N3O2. The van der Waals surface area contributed by atoms with Gasteiger partial charge in [0.2, 0.25) is 0 Å². The molecule has 1 heterocycles. The minimum atomic E-state index is -0.0828. The molecule has 0 aliphatic heterocycles. The number of aromatic amines is 1. The molecule has 0 aliphatic rings. The molecule has 0 radical (unpaired) electrons. The van der Waals surface area contributed by atoms with Crippen LogP contribution in [0.25, 0.3) is 10.9 Å². The molecule has 0 saturated heterocycles. The summed E-state index contributed by atoms with van der Waals surface area (Å²) in [5.74, 6) is 0.255. The summed E-state index contributed by atoms with van der Waals surface area (Å²) in [5, 5.41) is 19.7. The molecule has 2 aromatic rings. The molecule has 3 N–H and O–H groups in total. The van der Waals surface area contributed by atoms with E-state index < -0.39 is 0 Å². The van der Waals surface area contributed by atoms with Crippen molar-refractivity contribution in [2.75, 3.05) is 13.2 Å².